The molecule has 5 nitrogen and oxygen atoms in total. The van der Waals surface area contributed by atoms with E-state index in [0.29, 0.717) is 28.8 Å². The van der Waals surface area contributed by atoms with Gasteiger partial charge in [0.25, 0.3) is 5.91 Å². The van der Waals surface area contributed by atoms with Crippen LogP contribution in [-0.2, 0) is 5.54 Å². The van der Waals surface area contributed by atoms with Crippen molar-refractivity contribution in [1.82, 2.24) is 14.9 Å². The molecule has 1 saturated heterocycles. The Balaban J connectivity index is 1.98. The maximum absolute atomic E-state index is 12.9. The van der Waals surface area contributed by atoms with Gasteiger partial charge >= 0.3 is 0 Å². The maximum atomic E-state index is 12.9. The van der Waals surface area contributed by atoms with E-state index in [-0.39, 0.29) is 5.91 Å². The van der Waals surface area contributed by atoms with E-state index in [4.69, 9.17) is 17.3 Å². The van der Waals surface area contributed by atoms with Crippen molar-refractivity contribution in [2.45, 2.75) is 32.2 Å². The Morgan fingerprint density at radius 3 is 2.65 bits per heavy atom. The molecule has 1 unspecified atom stereocenters. The Labute approximate surface area is 140 Å². The van der Waals surface area contributed by atoms with Crippen LogP contribution in [0.25, 0.3) is 0 Å². The van der Waals surface area contributed by atoms with Crippen LogP contribution < -0.4 is 5.73 Å². The van der Waals surface area contributed by atoms with E-state index >= 15 is 0 Å². The number of amides is 1. The third-order valence-corrected chi connectivity index (χ3v) is 4.59. The number of hydrogen-bond donors (Lipinski definition) is 1. The first kappa shape index (κ1) is 15.7. The second-order valence-corrected chi connectivity index (χ2v) is 6.54. The zero-order valence-electron chi connectivity index (χ0n) is 13.2. The number of rotatable bonds is 2. The lowest BCUT2D eigenvalue weighted by Gasteiger charge is -2.34. The van der Waals surface area contributed by atoms with Gasteiger partial charge in [-0.2, -0.15) is 0 Å². The fourth-order valence-corrected chi connectivity index (χ4v) is 3.23. The first-order valence-corrected chi connectivity index (χ1v) is 7.97. The van der Waals surface area contributed by atoms with Crippen LogP contribution in [0, 0.1) is 6.92 Å². The highest BCUT2D eigenvalue weighted by molar-refractivity contribution is 6.30. The second kappa shape index (κ2) is 5.81. The largest absolute Gasteiger partial charge is 0.384 e. The molecule has 0 spiro atoms. The normalized spacial score (nSPS) is 20.7. The molecule has 1 fully saturated rings. The fraction of sp³-hybridized carbons (Fsp3) is 0.353. The van der Waals surface area contributed by atoms with E-state index < -0.39 is 5.54 Å². The summed E-state index contributed by atoms with van der Waals surface area (Å²) in [6, 6.07) is 8.67. The fourth-order valence-electron chi connectivity index (χ4n) is 3.10. The summed E-state index contributed by atoms with van der Waals surface area (Å²) >= 11 is 5.90. The lowest BCUT2D eigenvalue weighted by Crippen LogP contribution is -2.44. The molecule has 0 bridgehead atoms. The first-order chi connectivity index (χ1) is 10.9. The molecule has 2 aromatic rings. The molecule has 1 amide bonds. The summed E-state index contributed by atoms with van der Waals surface area (Å²) in [4.78, 5) is 23.7. The summed E-state index contributed by atoms with van der Waals surface area (Å²) in [5.41, 5.74) is 6.74. The summed E-state index contributed by atoms with van der Waals surface area (Å²) in [6.45, 7) is 4.56. The van der Waals surface area contributed by atoms with E-state index in [2.05, 4.69) is 9.97 Å². The Morgan fingerprint density at radius 2 is 2.00 bits per heavy atom. The SMILES string of the molecule is Cc1cc(N)nc(C2(C)CCCN2C(=O)c2ccc(Cl)cc2)n1. The van der Waals surface area contributed by atoms with Gasteiger partial charge in [-0.25, -0.2) is 9.97 Å². The van der Waals surface area contributed by atoms with Crippen LogP contribution >= 0.6 is 11.6 Å². The van der Waals surface area contributed by atoms with Crippen molar-refractivity contribution in [3.05, 3.63) is 52.4 Å². The molecule has 1 aliphatic heterocycles. The number of likely N-dealkylation sites (tertiary alicyclic amines) is 1. The maximum Gasteiger partial charge on any atom is 0.254 e. The quantitative estimate of drug-likeness (QED) is 0.918. The van der Waals surface area contributed by atoms with E-state index in [9.17, 15) is 4.79 Å². The summed E-state index contributed by atoms with van der Waals surface area (Å²) in [5.74, 6) is 1.000. The predicted molar refractivity (Wildman–Crippen MR) is 90.3 cm³/mol. The molecule has 1 atom stereocenters. The minimum absolute atomic E-state index is 0.0367. The molecule has 120 valence electrons. The van der Waals surface area contributed by atoms with Gasteiger partial charge in [0.1, 0.15) is 11.4 Å². The van der Waals surface area contributed by atoms with E-state index in [1.165, 1.54) is 0 Å². The monoisotopic (exact) mass is 330 g/mol. The number of anilines is 1. The Kier molecular flexibility index (Phi) is 3.98. The van der Waals surface area contributed by atoms with Crippen LogP contribution in [0.15, 0.2) is 30.3 Å². The number of aromatic nitrogens is 2. The van der Waals surface area contributed by atoms with Gasteiger partial charge in [0, 0.05) is 28.9 Å². The van der Waals surface area contributed by atoms with E-state index in [1.54, 1.807) is 30.3 Å². The summed E-state index contributed by atoms with van der Waals surface area (Å²) in [5, 5.41) is 0.612. The van der Waals surface area contributed by atoms with E-state index in [0.717, 1.165) is 18.5 Å². The molecule has 1 aliphatic rings. The molecule has 1 aromatic carbocycles. The van der Waals surface area contributed by atoms with Crippen LogP contribution in [0.5, 0.6) is 0 Å². The average Bonchev–Trinajstić information content (AvgIpc) is 2.89. The van der Waals surface area contributed by atoms with Crippen molar-refractivity contribution in [3.63, 3.8) is 0 Å². The number of carbonyl (C=O) groups excluding carboxylic acids is 1. The van der Waals surface area contributed by atoms with Gasteiger partial charge in [0.05, 0.1) is 0 Å². The Bertz CT molecular complexity index is 727. The lowest BCUT2D eigenvalue weighted by atomic mass is 9.96. The highest BCUT2D eigenvalue weighted by Crippen LogP contribution is 2.38. The van der Waals surface area contributed by atoms with Crippen molar-refractivity contribution in [2.24, 2.45) is 0 Å². The third kappa shape index (κ3) is 2.88. The van der Waals surface area contributed by atoms with Crippen molar-refractivity contribution >= 4 is 23.3 Å². The number of nitrogens with zero attached hydrogens (tertiary/aromatic N) is 3. The smallest absolute Gasteiger partial charge is 0.254 e. The topological polar surface area (TPSA) is 72.1 Å². The van der Waals surface area contributed by atoms with Gasteiger partial charge in [-0.1, -0.05) is 11.6 Å². The van der Waals surface area contributed by atoms with Gasteiger partial charge in [-0.3, -0.25) is 4.79 Å². The van der Waals surface area contributed by atoms with Gasteiger partial charge in [0.2, 0.25) is 0 Å². The lowest BCUT2D eigenvalue weighted by molar-refractivity contribution is 0.0604. The summed E-state index contributed by atoms with van der Waals surface area (Å²) in [7, 11) is 0. The van der Waals surface area contributed by atoms with Crippen molar-refractivity contribution in [3.8, 4) is 0 Å². The summed E-state index contributed by atoms with van der Waals surface area (Å²) < 4.78 is 0. The van der Waals surface area contributed by atoms with Crippen LogP contribution in [0.4, 0.5) is 5.82 Å². The van der Waals surface area contributed by atoms with Gasteiger partial charge < -0.3 is 10.6 Å². The van der Waals surface area contributed by atoms with Crippen molar-refractivity contribution in [1.29, 1.82) is 0 Å². The van der Waals surface area contributed by atoms with Gasteiger partial charge in [0.15, 0.2) is 5.82 Å². The molecular weight excluding hydrogens is 312 g/mol. The Morgan fingerprint density at radius 1 is 1.30 bits per heavy atom. The van der Waals surface area contributed by atoms with Crippen LogP contribution in [0.2, 0.25) is 5.02 Å². The molecule has 0 saturated carbocycles. The number of halogens is 1. The zero-order valence-corrected chi connectivity index (χ0v) is 14.0. The first-order valence-electron chi connectivity index (χ1n) is 7.59. The second-order valence-electron chi connectivity index (χ2n) is 6.10. The highest BCUT2D eigenvalue weighted by atomic mass is 35.5. The number of benzene rings is 1. The minimum Gasteiger partial charge on any atom is -0.384 e. The summed E-state index contributed by atoms with van der Waals surface area (Å²) in [6.07, 6.45) is 1.72. The molecule has 2 heterocycles. The number of hydrogen-bond acceptors (Lipinski definition) is 4. The molecular formula is C17H19ClN4O. The molecule has 3 rings (SSSR count). The predicted octanol–water partition coefficient (Wildman–Crippen LogP) is 3.17. The standard InChI is InChI=1S/C17H19ClN4O/c1-11-10-14(19)21-16(20-11)17(2)8-3-9-22(17)15(23)12-4-6-13(18)7-5-12/h4-7,10H,3,8-9H2,1-2H3,(H2,19,20,21). The molecule has 1 aromatic heterocycles. The minimum atomic E-state index is -0.545. The zero-order chi connectivity index (χ0) is 16.6. The number of carbonyl (C=O) groups is 1. The highest BCUT2D eigenvalue weighted by Gasteiger charge is 2.43. The Hall–Kier alpha value is -2.14. The molecule has 23 heavy (non-hydrogen) atoms. The van der Waals surface area contributed by atoms with Crippen molar-refractivity contribution in [2.75, 3.05) is 12.3 Å². The number of nitrogens with two attached hydrogens (primary N) is 1. The van der Waals surface area contributed by atoms with Crippen LogP contribution in [0.3, 0.4) is 0 Å². The van der Waals surface area contributed by atoms with Gasteiger partial charge in [-0.05, 0) is 51.0 Å². The molecule has 0 aliphatic carbocycles. The van der Waals surface area contributed by atoms with E-state index in [1.807, 2.05) is 18.7 Å². The van der Waals surface area contributed by atoms with Crippen LogP contribution in [0.1, 0.15) is 41.6 Å². The molecule has 0 radical (unpaired) electrons. The third-order valence-electron chi connectivity index (χ3n) is 4.33. The van der Waals surface area contributed by atoms with Crippen LogP contribution in [-0.4, -0.2) is 27.3 Å². The molecule has 2 N–H and O–H groups in total. The average molecular weight is 331 g/mol. The number of aryl methyl sites for hydroxylation is 1. The van der Waals surface area contributed by atoms with Gasteiger partial charge in [-0.15, -0.1) is 0 Å². The van der Waals surface area contributed by atoms with Crippen molar-refractivity contribution < 1.29 is 4.79 Å². The number of nitrogen functional groups attached to an aromatic ring is 1. The molecule has 6 heteroatoms.